The van der Waals surface area contributed by atoms with Crippen LogP contribution >= 0.6 is 0 Å². The fourth-order valence-electron chi connectivity index (χ4n) is 4.81. The minimum absolute atomic E-state index is 0.153. The Labute approximate surface area is 183 Å². The molecule has 9 heteroatoms. The van der Waals surface area contributed by atoms with Gasteiger partial charge in [-0.15, -0.1) is 0 Å². The van der Waals surface area contributed by atoms with Gasteiger partial charge in [-0.25, -0.2) is 0 Å². The van der Waals surface area contributed by atoms with Gasteiger partial charge in [0, 0.05) is 24.1 Å². The van der Waals surface area contributed by atoms with Crippen LogP contribution in [-0.4, -0.2) is 57.4 Å². The monoisotopic (exact) mass is 453 g/mol. The van der Waals surface area contributed by atoms with Crippen molar-refractivity contribution in [2.45, 2.75) is 57.3 Å². The van der Waals surface area contributed by atoms with E-state index < -0.39 is 47.9 Å². The van der Waals surface area contributed by atoms with Crippen molar-refractivity contribution >= 4 is 11.9 Å². The van der Waals surface area contributed by atoms with Gasteiger partial charge in [-0.3, -0.25) is 4.99 Å². The molecule has 6 nitrogen and oxygen atoms in total. The highest BCUT2D eigenvalue weighted by Crippen LogP contribution is 2.55. The lowest BCUT2D eigenvalue weighted by molar-refractivity contribution is -0.299. The largest absolute Gasteiger partial charge is 0.509 e. The predicted octanol–water partition coefficient (Wildman–Crippen LogP) is 3.37. The molecule has 0 amide bonds. The van der Waals surface area contributed by atoms with E-state index in [2.05, 4.69) is 4.99 Å². The highest BCUT2D eigenvalue weighted by molar-refractivity contribution is 5.78. The summed E-state index contributed by atoms with van der Waals surface area (Å²) in [6.45, 7) is 4.22. The van der Waals surface area contributed by atoms with Crippen LogP contribution in [0, 0.1) is 18.3 Å². The second-order valence-corrected chi connectivity index (χ2v) is 9.09. The summed E-state index contributed by atoms with van der Waals surface area (Å²) in [4.78, 5) is 4.16. The molecule has 2 aliphatic heterocycles. The number of aryl methyl sites for hydroxylation is 1. The van der Waals surface area contributed by atoms with E-state index >= 15 is 0 Å². The number of aliphatic hydroxyl groups is 4. The molecule has 0 spiro atoms. The van der Waals surface area contributed by atoms with Crippen LogP contribution in [0.3, 0.4) is 0 Å². The van der Waals surface area contributed by atoms with E-state index in [9.17, 15) is 33.6 Å². The molecule has 4 N–H and O–H groups in total. The molecular formula is C23H26F3NO5. The molecule has 6 atom stereocenters. The Bertz CT molecular complexity index is 1030. The van der Waals surface area contributed by atoms with E-state index in [4.69, 9.17) is 4.74 Å². The summed E-state index contributed by atoms with van der Waals surface area (Å²) < 4.78 is 46.0. The maximum atomic E-state index is 13.4. The Hall–Kier alpha value is -2.20. The topological polar surface area (TPSA) is 103 Å². The Morgan fingerprint density at radius 1 is 1.31 bits per heavy atom. The van der Waals surface area contributed by atoms with E-state index in [-0.39, 0.29) is 23.6 Å². The number of ether oxygens (including phenoxy) is 1. The molecule has 1 fully saturated rings. The molecule has 174 valence electrons. The second kappa shape index (κ2) is 7.41. The van der Waals surface area contributed by atoms with E-state index in [1.165, 1.54) is 6.21 Å². The average molecular weight is 453 g/mol. The fraction of sp³-hybridized carbons (Fsp3) is 0.522. The first-order valence-corrected chi connectivity index (χ1v) is 10.4. The van der Waals surface area contributed by atoms with Crippen LogP contribution in [0.15, 0.2) is 40.6 Å². The number of rotatable bonds is 4. The highest BCUT2D eigenvalue weighted by Gasteiger charge is 2.65. The first kappa shape index (κ1) is 23.0. The summed E-state index contributed by atoms with van der Waals surface area (Å²) in [6, 6.07) is 5.19. The van der Waals surface area contributed by atoms with E-state index in [1.54, 1.807) is 18.2 Å². The lowest BCUT2D eigenvalue weighted by atomic mass is 9.79. The smallest absolute Gasteiger partial charge is 0.398 e. The molecule has 3 unspecified atom stereocenters. The Kier molecular flexibility index (Phi) is 5.32. The SMILES string of the molecule is Cc1cc(C2=CC(C)(C(F)(F)F)CC=N2)ccc1[C@@H](C)[C@H]1OC2(O)C1=C(O)[C@H](O)C2CO. The van der Waals surface area contributed by atoms with Crippen molar-refractivity contribution in [3.63, 3.8) is 0 Å². The molecule has 0 radical (unpaired) electrons. The van der Waals surface area contributed by atoms with Crippen molar-refractivity contribution in [3.8, 4) is 0 Å². The predicted molar refractivity (Wildman–Crippen MR) is 111 cm³/mol. The van der Waals surface area contributed by atoms with Crippen LogP contribution in [0.1, 0.15) is 42.9 Å². The van der Waals surface area contributed by atoms with Gasteiger partial charge in [0.15, 0.2) is 0 Å². The zero-order chi connectivity index (χ0) is 23.6. The van der Waals surface area contributed by atoms with E-state index in [0.717, 1.165) is 24.1 Å². The van der Waals surface area contributed by atoms with E-state index in [0.29, 0.717) is 5.56 Å². The van der Waals surface area contributed by atoms with Crippen molar-refractivity contribution < 1.29 is 38.3 Å². The number of benzene rings is 1. The number of aliphatic hydroxyl groups excluding tert-OH is 3. The molecule has 1 aromatic carbocycles. The van der Waals surface area contributed by atoms with Gasteiger partial charge in [0.1, 0.15) is 11.9 Å². The number of alkyl halides is 3. The molecule has 0 aromatic heterocycles. The van der Waals surface area contributed by atoms with Gasteiger partial charge in [0.2, 0.25) is 5.79 Å². The molecule has 3 aliphatic rings. The minimum atomic E-state index is -4.39. The van der Waals surface area contributed by atoms with Gasteiger partial charge in [-0.2, -0.15) is 13.2 Å². The van der Waals surface area contributed by atoms with Crippen molar-refractivity contribution in [2.24, 2.45) is 16.3 Å². The van der Waals surface area contributed by atoms with Gasteiger partial charge < -0.3 is 25.2 Å². The van der Waals surface area contributed by atoms with Gasteiger partial charge in [0.25, 0.3) is 0 Å². The summed E-state index contributed by atoms with van der Waals surface area (Å²) >= 11 is 0. The van der Waals surface area contributed by atoms with Crippen molar-refractivity contribution in [2.75, 3.05) is 6.61 Å². The molecule has 1 aromatic rings. The Morgan fingerprint density at radius 3 is 2.59 bits per heavy atom. The number of fused-ring (bicyclic) bond motifs is 1. The van der Waals surface area contributed by atoms with Gasteiger partial charge in [-0.1, -0.05) is 19.1 Å². The standard InChI is InChI=1S/C23H26F3NO5/c1-11-8-13(16-9-21(3,6-7-27-16)23(24,25)26)4-5-14(11)12(2)20-17-19(30)18(29)15(10-28)22(17,31)32-20/h4-5,7-9,12,15,18,20,28-31H,6,10H2,1-3H3/t12-,15?,18-,20-,21?,22?/m1/s1. The summed E-state index contributed by atoms with van der Waals surface area (Å²) in [5.74, 6) is -3.70. The van der Waals surface area contributed by atoms with Crippen molar-refractivity contribution in [1.29, 1.82) is 0 Å². The zero-order valence-electron chi connectivity index (χ0n) is 17.9. The van der Waals surface area contributed by atoms with Crippen LogP contribution in [0.5, 0.6) is 0 Å². The molecule has 4 rings (SSSR count). The Morgan fingerprint density at radius 2 is 2.00 bits per heavy atom. The summed E-state index contributed by atoms with van der Waals surface area (Å²) in [7, 11) is 0. The third-order valence-corrected chi connectivity index (χ3v) is 6.97. The molecule has 2 heterocycles. The lowest BCUT2D eigenvalue weighted by Gasteiger charge is -2.48. The van der Waals surface area contributed by atoms with Crippen LogP contribution in [0.25, 0.3) is 5.70 Å². The van der Waals surface area contributed by atoms with Crippen LogP contribution in [0.2, 0.25) is 0 Å². The third-order valence-electron chi connectivity index (χ3n) is 6.97. The number of nitrogens with zero attached hydrogens (tertiary/aromatic N) is 1. The number of hydrogen-bond acceptors (Lipinski definition) is 6. The number of allylic oxidation sites excluding steroid dienone is 1. The maximum absolute atomic E-state index is 13.4. The summed E-state index contributed by atoms with van der Waals surface area (Å²) in [5, 5.41) is 40.5. The maximum Gasteiger partial charge on any atom is 0.398 e. The average Bonchev–Trinajstić information content (AvgIpc) is 2.84. The summed E-state index contributed by atoms with van der Waals surface area (Å²) in [6.07, 6.45) is -4.29. The van der Waals surface area contributed by atoms with Crippen molar-refractivity contribution in [1.82, 2.24) is 0 Å². The number of hydrogen-bond donors (Lipinski definition) is 4. The molecule has 32 heavy (non-hydrogen) atoms. The molecule has 1 aliphatic carbocycles. The van der Waals surface area contributed by atoms with Crippen LogP contribution in [0.4, 0.5) is 13.2 Å². The lowest BCUT2D eigenvalue weighted by Crippen LogP contribution is -2.59. The number of aliphatic imine (C=N–C) groups is 1. The van der Waals surface area contributed by atoms with Crippen LogP contribution < -0.4 is 0 Å². The zero-order valence-corrected chi connectivity index (χ0v) is 17.9. The molecule has 0 saturated carbocycles. The fourth-order valence-corrected chi connectivity index (χ4v) is 4.81. The van der Waals surface area contributed by atoms with Gasteiger partial charge in [-0.05, 0) is 37.1 Å². The van der Waals surface area contributed by atoms with Gasteiger partial charge >= 0.3 is 6.18 Å². The second-order valence-electron chi connectivity index (χ2n) is 9.09. The van der Waals surface area contributed by atoms with Gasteiger partial charge in [0.05, 0.1) is 35.3 Å². The molecule has 1 saturated heterocycles. The molecule has 0 bridgehead atoms. The first-order chi connectivity index (χ1) is 14.8. The van der Waals surface area contributed by atoms with Crippen LogP contribution in [-0.2, 0) is 4.74 Å². The first-order valence-electron chi connectivity index (χ1n) is 10.4. The quantitative estimate of drug-likeness (QED) is 0.560. The Balaban J connectivity index is 1.61. The molecular weight excluding hydrogens is 427 g/mol. The normalized spacial score (nSPS) is 35.4. The minimum Gasteiger partial charge on any atom is -0.509 e. The highest BCUT2D eigenvalue weighted by atomic mass is 19.4. The van der Waals surface area contributed by atoms with Crippen molar-refractivity contribution in [3.05, 3.63) is 52.3 Å². The van der Waals surface area contributed by atoms with E-state index in [1.807, 2.05) is 13.8 Å². The number of halogens is 3. The third kappa shape index (κ3) is 3.22. The summed E-state index contributed by atoms with van der Waals surface area (Å²) in [5.41, 5.74) is 0.557.